The molecule has 0 unspecified atom stereocenters. The Morgan fingerprint density at radius 2 is 1.67 bits per heavy atom. The Morgan fingerprint density at radius 1 is 1.04 bits per heavy atom. The maximum Gasteiger partial charge on any atom is 0.161 e. The van der Waals surface area contributed by atoms with Gasteiger partial charge in [-0.2, -0.15) is 0 Å². The molecule has 1 aliphatic heterocycles. The zero-order valence-electron chi connectivity index (χ0n) is 15.6. The van der Waals surface area contributed by atoms with Crippen LogP contribution >= 0.6 is 11.6 Å². The summed E-state index contributed by atoms with van der Waals surface area (Å²) >= 11 is 6.46. The molecule has 0 radical (unpaired) electrons. The Bertz CT molecular complexity index is 826. The maximum absolute atomic E-state index is 12.8. The monoisotopic (exact) mass is 385 g/mol. The standard InChI is InChI=1S/C22H24ClNO3/c1-2-11-27-19-10-9-13(12-14(19)23)20-21-15(5-3-7-17(21)25)24-16-6-4-8-18(26)22(16)20/h9-10,12,20,24H,2-8,11H2,1H3. The number of benzene rings is 1. The van der Waals surface area contributed by atoms with Crippen molar-refractivity contribution in [1.29, 1.82) is 0 Å². The van der Waals surface area contributed by atoms with E-state index in [2.05, 4.69) is 5.32 Å². The van der Waals surface area contributed by atoms with E-state index in [1.807, 2.05) is 25.1 Å². The van der Waals surface area contributed by atoms with Gasteiger partial charge in [-0.3, -0.25) is 9.59 Å². The number of dihydropyridines is 1. The number of ether oxygens (including phenoxy) is 1. The highest BCUT2D eigenvalue weighted by Crippen LogP contribution is 2.46. The number of ketones is 2. The van der Waals surface area contributed by atoms with Gasteiger partial charge in [0.1, 0.15) is 5.75 Å². The first kappa shape index (κ1) is 18.3. The van der Waals surface area contributed by atoms with Gasteiger partial charge in [-0.05, 0) is 49.8 Å². The minimum atomic E-state index is -0.311. The van der Waals surface area contributed by atoms with Crippen LogP contribution in [0.3, 0.4) is 0 Å². The lowest BCUT2D eigenvalue weighted by molar-refractivity contribution is -0.116. The van der Waals surface area contributed by atoms with Crippen LogP contribution in [-0.2, 0) is 9.59 Å². The van der Waals surface area contributed by atoms with E-state index in [1.54, 1.807) is 0 Å². The fourth-order valence-electron chi connectivity index (χ4n) is 4.34. The summed E-state index contributed by atoms with van der Waals surface area (Å²) in [5, 5.41) is 3.96. The van der Waals surface area contributed by atoms with E-state index in [1.165, 1.54) is 0 Å². The van der Waals surface area contributed by atoms with Crippen LogP contribution in [0.25, 0.3) is 0 Å². The van der Waals surface area contributed by atoms with Gasteiger partial charge in [0.05, 0.1) is 11.6 Å². The van der Waals surface area contributed by atoms with Gasteiger partial charge in [0.15, 0.2) is 11.6 Å². The van der Waals surface area contributed by atoms with Gasteiger partial charge in [0.25, 0.3) is 0 Å². The summed E-state index contributed by atoms with van der Waals surface area (Å²) in [5.74, 6) is 0.612. The molecule has 2 aliphatic carbocycles. The quantitative estimate of drug-likeness (QED) is 0.806. The van der Waals surface area contributed by atoms with Gasteiger partial charge in [-0.15, -0.1) is 0 Å². The maximum atomic E-state index is 12.8. The Kier molecular flexibility index (Phi) is 5.09. The topological polar surface area (TPSA) is 55.4 Å². The lowest BCUT2D eigenvalue weighted by Crippen LogP contribution is -2.36. The lowest BCUT2D eigenvalue weighted by atomic mass is 9.71. The average molecular weight is 386 g/mol. The number of nitrogens with one attached hydrogen (secondary N) is 1. The molecule has 0 spiro atoms. The van der Waals surface area contributed by atoms with Gasteiger partial charge in [-0.1, -0.05) is 24.6 Å². The van der Waals surface area contributed by atoms with Crippen molar-refractivity contribution < 1.29 is 14.3 Å². The zero-order chi connectivity index (χ0) is 19.0. The van der Waals surface area contributed by atoms with E-state index in [0.717, 1.165) is 60.2 Å². The molecule has 0 bridgehead atoms. The SMILES string of the molecule is CCCOc1ccc(C2C3=C(CCCC3=O)NC3=C2C(=O)CCC3)cc1Cl. The van der Waals surface area contributed by atoms with Crippen LogP contribution in [0.5, 0.6) is 5.75 Å². The van der Waals surface area contributed by atoms with Crippen molar-refractivity contribution >= 4 is 23.2 Å². The molecule has 0 aromatic heterocycles. The van der Waals surface area contributed by atoms with Crippen molar-refractivity contribution in [3.63, 3.8) is 0 Å². The van der Waals surface area contributed by atoms with Gasteiger partial charge in [0.2, 0.25) is 0 Å². The zero-order valence-corrected chi connectivity index (χ0v) is 16.3. The van der Waals surface area contributed by atoms with Crippen LogP contribution in [0.15, 0.2) is 40.7 Å². The van der Waals surface area contributed by atoms with Crippen molar-refractivity contribution in [1.82, 2.24) is 5.32 Å². The van der Waals surface area contributed by atoms with Crippen LogP contribution < -0.4 is 10.1 Å². The molecule has 4 nitrogen and oxygen atoms in total. The van der Waals surface area contributed by atoms with E-state index in [-0.39, 0.29) is 17.5 Å². The Balaban J connectivity index is 1.81. The van der Waals surface area contributed by atoms with Crippen molar-refractivity contribution in [3.8, 4) is 5.75 Å². The molecule has 0 fully saturated rings. The fourth-order valence-corrected chi connectivity index (χ4v) is 4.59. The van der Waals surface area contributed by atoms with Gasteiger partial charge >= 0.3 is 0 Å². The van der Waals surface area contributed by atoms with Crippen LogP contribution in [-0.4, -0.2) is 18.2 Å². The van der Waals surface area contributed by atoms with Crippen LogP contribution in [0.2, 0.25) is 5.02 Å². The first-order valence-corrected chi connectivity index (χ1v) is 10.2. The number of hydrogen-bond acceptors (Lipinski definition) is 4. The summed E-state index contributed by atoms with van der Waals surface area (Å²) in [6.45, 7) is 2.65. The molecule has 1 aromatic carbocycles. The summed E-state index contributed by atoms with van der Waals surface area (Å²) in [4.78, 5) is 25.6. The van der Waals surface area contributed by atoms with Gasteiger partial charge < -0.3 is 10.1 Å². The number of rotatable bonds is 4. The van der Waals surface area contributed by atoms with E-state index in [0.29, 0.717) is 30.2 Å². The summed E-state index contributed by atoms with van der Waals surface area (Å²) < 4.78 is 5.68. The summed E-state index contributed by atoms with van der Waals surface area (Å²) in [6, 6.07) is 5.67. The van der Waals surface area contributed by atoms with Crippen LogP contribution in [0, 0.1) is 0 Å². The molecule has 142 valence electrons. The number of halogens is 1. The highest BCUT2D eigenvalue weighted by molar-refractivity contribution is 6.32. The molecule has 0 atom stereocenters. The largest absolute Gasteiger partial charge is 0.492 e. The third kappa shape index (κ3) is 3.31. The second kappa shape index (κ2) is 7.51. The normalized spacial score (nSPS) is 20.4. The smallest absolute Gasteiger partial charge is 0.161 e. The fraction of sp³-hybridized carbons (Fsp3) is 0.455. The minimum absolute atomic E-state index is 0.140. The predicted octanol–water partition coefficient (Wildman–Crippen LogP) is 4.83. The Morgan fingerprint density at radius 3 is 2.22 bits per heavy atom. The number of hydrogen-bond donors (Lipinski definition) is 1. The molecule has 4 rings (SSSR count). The first-order chi connectivity index (χ1) is 13.1. The molecule has 27 heavy (non-hydrogen) atoms. The van der Waals surface area contributed by atoms with E-state index in [4.69, 9.17) is 16.3 Å². The van der Waals surface area contributed by atoms with Crippen LogP contribution in [0.1, 0.15) is 63.4 Å². The highest BCUT2D eigenvalue weighted by atomic mass is 35.5. The number of Topliss-reactive ketones (excluding diaryl/α,β-unsaturated/α-hetero) is 2. The Labute approximate surface area is 164 Å². The first-order valence-electron chi connectivity index (χ1n) is 9.82. The molecule has 0 saturated heterocycles. The molecule has 3 aliphatic rings. The summed E-state index contributed by atoms with van der Waals surface area (Å²) in [7, 11) is 0. The van der Waals surface area contributed by atoms with Crippen molar-refractivity contribution in [3.05, 3.63) is 51.3 Å². The van der Waals surface area contributed by atoms with Crippen molar-refractivity contribution in [2.45, 2.75) is 57.8 Å². The lowest BCUT2D eigenvalue weighted by Gasteiger charge is -2.37. The van der Waals surface area contributed by atoms with Gasteiger partial charge in [-0.25, -0.2) is 0 Å². The molecular formula is C22H24ClNO3. The van der Waals surface area contributed by atoms with E-state index < -0.39 is 0 Å². The minimum Gasteiger partial charge on any atom is -0.492 e. The molecule has 0 amide bonds. The molecule has 1 heterocycles. The molecule has 0 saturated carbocycles. The van der Waals surface area contributed by atoms with Crippen molar-refractivity contribution in [2.75, 3.05) is 6.61 Å². The number of allylic oxidation sites excluding steroid dienone is 4. The molecule has 1 aromatic rings. The molecular weight excluding hydrogens is 362 g/mol. The summed E-state index contributed by atoms with van der Waals surface area (Å²) in [5.41, 5.74) is 4.40. The predicted molar refractivity (Wildman–Crippen MR) is 105 cm³/mol. The van der Waals surface area contributed by atoms with Gasteiger partial charge in [0, 0.05) is 41.3 Å². The average Bonchev–Trinajstić information content (AvgIpc) is 2.66. The third-order valence-corrected chi connectivity index (χ3v) is 5.84. The number of carbonyl (C=O) groups is 2. The van der Waals surface area contributed by atoms with E-state index in [9.17, 15) is 9.59 Å². The molecule has 1 N–H and O–H groups in total. The summed E-state index contributed by atoms with van der Waals surface area (Å²) in [6.07, 6.45) is 5.42. The van der Waals surface area contributed by atoms with Crippen LogP contribution in [0.4, 0.5) is 0 Å². The third-order valence-electron chi connectivity index (χ3n) is 5.54. The van der Waals surface area contributed by atoms with E-state index >= 15 is 0 Å². The Hall–Kier alpha value is -2.07. The second-order valence-corrected chi connectivity index (χ2v) is 7.84. The molecule has 5 heteroatoms. The number of carbonyl (C=O) groups excluding carboxylic acids is 2. The second-order valence-electron chi connectivity index (χ2n) is 7.43. The van der Waals surface area contributed by atoms with Crippen molar-refractivity contribution in [2.24, 2.45) is 0 Å². The highest BCUT2D eigenvalue weighted by Gasteiger charge is 2.40.